The Balaban J connectivity index is 1.74. The van der Waals surface area contributed by atoms with Crippen molar-refractivity contribution in [3.63, 3.8) is 0 Å². The average Bonchev–Trinajstić information content (AvgIpc) is 2.74. The third-order valence-corrected chi connectivity index (χ3v) is 5.66. The van der Waals surface area contributed by atoms with E-state index in [-0.39, 0.29) is 5.91 Å². The maximum absolute atomic E-state index is 12.8. The smallest absolute Gasteiger partial charge is 0.255 e. The summed E-state index contributed by atoms with van der Waals surface area (Å²) in [5.74, 6) is 1.92. The number of thioether (sulfide) groups is 1. The summed E-state index contributed by atoms with van der Waals surface area (Å²) in [7, 11) is 0. The van der Waals surface area contributed by atoms with Gasteiger partial charge in [-0.05, 0) is 60.9 Å². The highest BCUT2D eigenvalue weighted by molar-refractivity contribution is 7.98. The SMILES string of the molecule is CCOc1ccc(C(=O)Nc2ccc(C(C)C)cc2)cc1CSc1ccccc1. The van der Waals surface area contributed by atoms with Gasteiger partial charge < -0.3 is 10.1 Å². The number of benzene rings is 3. The van der Waals surface area contributed by atoms with Crippen LogP contribution in [-0.4, -0.2) is 12.5 Å². The van der Waals surface area contributed by atoms with Gasteiger partial charge in [0.1, 0.15) is 5.75 Å². The van der Waals surface area contributed by atoms with Gasteiger partial charge in [-0.3, -0.25) is 4.79 Å². The second-order valence-corrected chi connectivity index (χ2v) is 8.14. The lowest BCUT2D eigenvalue weighted by molar-refractivity contribution is 0.102. The predicted octanol–water partition coefficient (Wildman–Crippen LogP) is 6.75. The molecule has 0 bridgehead atoms. The van der Waals surface area contributed by atoms with Gasteiger partial charge in [0.25, 0.3) is 5.91 Å². The molecule has 3 aromatic carbocycles. The number of hydrogen-bond donors (Lipinski definition) is 1. The molecule has 0 aliphatic carbocycles. The van der Waals surface area contributed by atoms with Crippen LogP contribution in [0.15, 0.2) is 77.7 Å². The maximum atomic E-state index is 12.8. The Morgan fingerprint density at radius 2 is 1.72 bits per heavy atom. The summed E-state index contributed by atoms with van der Waals surface area (Å²) in [4.78, 5) is 14.0. The summed E-state index contributed by atoms with van der Waals surface area (Å²) in [6.45, 7) is 6.87. The third-order valence-electron chi connectivity index (χ3n) is 4.60. The molecule has 3 aromatic rings. The number of amides is 1. The van der Waals surface area contributed by atoms with Gasteiger partial charge in [-0.25, -0.2) is 0 Å². The minimum absolute atomic E-state index is 0.115. The fourth-order valence-corrected chi connectivity index (χ4v) is 3.86. The number of anilines is 1. The van der Waals surface area contributed by atoms with Crippen LogP contribution in [0.25, 0.3) is 0 Å². The highest BCUT2D eigenvalue weighted by Gasteiger charge is 2.12. The van der Waals surface area contributed by atoms with E-state index in [0.717, 1.165) is 22.8 Å². The fourth-order valence-electron chi connectivity index (χ4n) is 2.96. The molecule has 1 N–H and O–H groups in total. The quantitative estimate of drug-likeness (QED) is 0.421. The van der Waals surface area contributed by atoms with Crippen molar-refractivity contribution in [1.29, 1.82) is 0 Å². The third kappa shape index (κ3) is 5.88. The van der Waals surface area contributed by atoms with Gasteiger partial charge in [-0.2, -0.15) is 0 Å². The molecule has 0 unspecified atom stereocenters. The fraction of sp³-hybridized carbons (Fsp3) is 0.240. The van der Waals surface area contributed by atoms with Crippen molar-refractivity contribution >= 4 is 23.4 Å². The normalized spacial score (nSPS) is 10.8. The van der Waals surface area contributed by atoms with Gasteiger partial charge in [0.15, 0.2) is 0 Å². The van der Waals surface area contributed by atoms with Crippen molar-refractivity contribution in [3.05, 3.63) is 89.5 Å². The molecule has 0 saturated heterocycles. The Bertz CT molecular complexity index is 937. The van der Waals surface area contributed by atoms with Gasteiger partial charge in [-0.1, -0.05) is 44.2 Å². The van der Waals surface area contributed by atoms with Crippen LogP contribution in [0.3, 0.4) is 0 Å². The summed E-state index contributed by atoms with van der Waals surface area (Å²) in [5, 5.41) is 2.99. The summed E-state index contributed by atoms with van der Waals surface area (Å²) in [6, 6.07) is 23.9. The second kappa shape index (κ2) is 10.2. The monoisotopic (exact) mass is 405 g/mol. The lowest BCUT2D eigenvalue weighted by Gasteiger charge is -2.13. The van der Waals surface area contributed by atoms with Gasteiger partial charge in [0.05, 0.1) is 6.61 Å². The summed E-state index contributed by atoms with van der Waals surface area (Å²) in [6.07, 6.45) is 0. The van der Waals surface area contributed by atoms with Crippen LogP contribution in [0, 0.1) is 0 Å². The minimum atomic E-state index is -0.115. The number of ether oxygens (including phenoxy) is 1. The first-order chi connectivity index (χ1) is 14.1. The van der Waals surface area contributed by atoms with Crippen LogP contribution in [0.2, 0.25) is 0 Å². The lowest BCUT2D eigenvalue weighted by Crippen LogP contribution is -2.12. The Labute approximate surface area is 177 Å². The molecule has 29 heavy (non-hydrogen) atoms. The Kier molecular flexibility index (Phi) is 7.36. The molecule has 3 nitrogen and oxygen atoms in total. The number of carbonyl (C=O) groups excluding carboxylic acids is 1. The Morgan fingerprint density at radius 1 is 1.00 bits per heavy atom. The van der Waals surface area contributed by atoms with Crippen LogP contribution in [0.4, 0.5) is 5.69 Å². The zero-order valence-electron chi connectivity index (χ0n) is 17.1. The molecule has 3 rings (SSSR count). The van der Waals surface area contributed by atoms with E-state index in [1.165, 1.54) is 10.5 Å². The van der Waals surface area contributed by atoms with Gasteiger partial charge >= 0.3 is 0 Å². The van der Waals surface area contributed by atoms with Crippen molar-refractivity contribution in [2.75, 3.05) is 11.9 Å². The zero-order valence-corrected chi connectivity index (χ0v) is 18.0. The molecule has 0 saturated carbocycles. The van der Waals surface area contributed by atoms with E-state index in [1.807, 2.05) is 55.5 Å². The number of rotatable bonds is 8. The first kappa shape index (κ1) is 21.0. The van der Waals surface area contributed by atoms with Crippen molar-refractivity contribution in [3.8, 4) is 5.75 Å². The number of carbonyl (C=O) groups is 1. The largest absolute Gasteiger partial charge is 0.494 e. The van der Waals surface area contributed by atoms with Crippen LogP contribution >= 0.6 is 11.8 Å². The first-order valence-corrected chi connectivity index (χ1v) is 10.9. The molecular weight excluding hydrogens is 378 g/mol. The van der Waals surface area contributed by atoms with Crippen LogP contribution < -0.4 is 10.1 Å². The summed E-state index contributed by atoms with van der Waals surface area (Å²) < 4.78 is 5.77. The van der Waals surface area contributed by atoms with E-state index in [1.54, 1.807) is 11.8 Å². The van der Waals surface area contributed by atoms with E-state index in [4.69, 9.17) is 4.74 Å². The second-order valence-electron chi connectivity index (χ2n) is 7.09. The van der Waals surface area contributed by atoms with Crippen molar-refractivity contribution in [1.82, 2.24) is 0 Å². The van der Waals surface area contributed by atoms with Crippen molar-refractivity contribution in [2.24, 2.45) is 0 Å². The maximum Gasteiger partial charge on any atom is 0.255 e. The van der Waals surface area contributed by atoms with E-state index >= 15 is 0 Å². The van der Waals surface area contributed by atoms with E-state index < -0.39 is 0 Å². The lowest BCUT2D eigenvalue weighted by atomic mass is 10.0. The van der Waals surface area contributed by atoms with Crippen molar-refractivity contribution < 1.29 is 9.53 Å². The molecule has 0 aliphatic heterocycles. The predicted molar refractivity (Wildman–Crippen MR) is 122 cm³/mol. The highest BCUT2D eigenvalue weighted by atomic mass is 32.2. The van der Waals surface area contributed by atoms with E-state index in [9.17, 15) is 4.79 Å². The van der Waals surface area contributed by atoms with E-state index in [0.29, 0.717) is 18.1 Å². The summed E-state index contributed by atoms with van der Waals surface area (Å²) >= 11 is 1.73. The molecule has 0 radical (unpaired) electrons. The average molecular weight is 406 g/mol. The molecule has 0 atom stereocenters. The Hall–Kier alpha value is -2.72. The standard InChI is InChI=1S/C25H27NO2S/c1-4-28-24-15-12-20(16-21(24)17-29-23-8-6-5-7-9-23)25(27)26-22-13-10-19(11-14-22)18(2)3/h5-16,18H,4,17H2,1-3H3,(H,26,27). The molecule has 0 aromatic heterocycles. The molecular formula is C25H27NO2S. The van der Waals surface area contributed by atoms with E-state index in [2.05, 4.69) is 43.4 Å². The van der Waals surface area contributed by atoms with Crippen LogP contribution in [-0.2, 0) is 5.75 Å². The molecule has 1 amide bonds. The number of hydrogen-bond acceptors (Lipinski definition) is 3. The molecule has 0 spiro atoms. The first-order valence-electron chi connectivity index (χ1n) is 9.91. The molecule has 4 heteroatoms. The van der Waals surface area contributed by atoms with Gasteiger partial charge in [0.2, 0.25) is 0 Å². The van der Waals surface area contributed by atoms with Gasteiger partial charge in [0, 0.05) is 27.5 Å². The van der Waals surface area contributed by atoms with Crippen molar-refractivity contribution in [2.45, 2.75) is 37.3 Å². The molecule has 150 valence electrons. The van der Waals surface area contributed by atoms with Gasteiger partial charge in [-0.15, -0.1) is 11.8 Å². The topological polar surface area (TPSA) is 38.3 Å². The molecule has 0 fully saturated rings. The number of nitrogens with one attached hydrogen (secondary N) is 1. The highest BCUT2D eigenvalue weighted by Crippen LogP contribution is 2.29. The summed E-state index contributed by atoms with van der Waals surface area (Å²) in [5.41, 5.74) is 3.70. The Morgan fingerprint density at radius 3 is 2.38 bits per heavy atom. The van der Waals surface area contributed by atoms with Crippen LogP contribution in [0.1, 0.15) is 48.2 Å². The zero-order chi connectivity index (χ0) is 20.6. The molecule has 0 heterocycles. The van der Waals surface area contributed by atoms with Crippen LogP contribution in [0.5, 0.6) is 5.75 Å². The molecule has 0 aliphatic rings. The minimum Gasteiger partial charge on any atom is -0.494 e.